The van der Waals surface area contributed by atoms with Crippen molar-refractivity contribution < 1.29 is 14.5 Å². The van der Waals surface area contributed by atoms with E-state index in [2.05, 4.69) is 50.1 Å². The number of amides is 3. The molecule has 3 aromatic carbocycles. The number of aromatic nitrogens is 1. The standard InChI is InChI=1S/C34H40N6O4/c1-33(21-24-22-35-30-10-6-5-9-29(24)30,38-32(42)37-26-13-17-28(18-14-26)40(43)44)31(41)36-23-34(19-7-4-8-20-34)25-11-15-27(16-12-25)39(2)3/h5-6,9-18,22,35H,4,7-8,19-21,23H2,1-3H3,(H,36,41)(H2,37,38,42)/t33-/m0/s1. The number of hydrogen-bond acceptors (Lipinski definition) is 5. The second-order valence-electron chi connectivity index (χ2n) is 12.2. The van der Waals surface area contributed by atoms with Gasteiger partial charge in [-0.2, -0.15) is 0 Å². The second kappa shape index (κ2) is 12.8. The summed E-state index contributed by atoms with van der Waals surface area (Å²) < 4.78 is 0. The van der Waals surface area contributed by atoms with Gasteiger partial charge in [-0.15, -0.1) is 0 Å². The summed E-state index contributed by atoms with van der Waals surface area (Å²) in [6.45, 7) is 2.20. The van der Waals surface area contributed by atoms with E-state index in [1.807, 2.05) is 44.6 Å². The number of nitrogens with one attached hydrogen (secondary N) is 4. The molecule has 10 nitrogen and oxygen atoms in total. The lowest BCUT2D eigenvalue weighted by Gasteiger charge is -2.39. The first-order valence-corrected chi connectivity index (χ1v) is 15.0. The van der Waals surface area contributed by atoms with Crippen LogP contribution in [0, 0.1) is 10.1 Å². The molecule has 0 spiro atoms. The average molecular weight is 597 g/mol. The molecule has 10 heteroatoms. The van der Waals surface area contributed by atoms with Crippen LogP contribution in [-0.4, -0.2) is 48.0 Å². The monoisotopic (exact) mass is 596 g/mol. The Morgan fingerprint density at radius 3 is 2.32 bits per heavy atom. The maximum absolute atomic E-state index is 14.1. The predicted octanol–water partition coefficient (Wildman–Crippen LogP) is 6.28. The topological polar surface area (TPSA) is 132 Å². The number of anilines is 2. The SMILES string of the molecule is CN(C)c1ccc(C2(CNC(=O)[C@](C)(Cc3c[nH]c4ccccc34)NC(=O)Nc3ccc([N+](=O)[O-])cc3)CCCCC2)cc1. The number of para-hydroxylation sites is 1. The zero-order valence-electron chi connectivity index (χ0n) is 25.5. The van der Waals surface area contributed by atoms with E-state index in [-0.39, 0.29) is 23.4 Å². The third kappa shape index (κ3) is 6.69. The van der Waals surface area contributed by atoms with Crippen LogP contribution >= 0.6 is 0 Å². The Balaban J connectivity index is 1.39. The van der Waals surface area contributed by atoms with E-state index in [4.69, 9.17) is 0 Å². The minimum Gasteiger partial charge on any atom is -0.378 e. The van der Waals surface area contributed by atoms with Crippen molar-refractivity contribution in [1.82, 2.24) is 15.6 Å². The molecule has 0 saturated heterocycles. The van der Waals surface area contributed by atoms with E-state index in [9.17, 15) is 19.7 Å². The lowest BCUT2D eigenvalue weighted by molar-refractivity contribution is -0.384. The van der Waals surface area contributed by atoms with Gasteiger partial charge in [0.1, 0.15) is 5.54 Å². The van der Waals surface area contributed by atoms with Gasteiger partial charge in [-0.3, -0.25) is 14.9 Å². The Morgan fingerprint density at radius 2 is 1.66 bits per heavy atom. The lowest BCUT2D eigenvalue weighted by atomic mass is 9.69. The number of non-ortho nitro benzene ring substituents is 1. The molecule has 0 bridgehead atoms. The van der Waals surface area contributed by atoms with Crippen LogP contribution in [0.5, 0.6) is 0 Å². The van der Waals surface area contributed by atoms with Crippen LogP contribution < -0.4 is 20.9 Å². The molecule has 1 aliphatic rings. The molecule has 1 heterocycles. The number of benzene rings is 3. The van der Waals surface area contributed by atoms with Crippen LogP contribution in [0.2, 0.25) is 0 Å². The van der Waals surface area contributed by atoms with Crippen molar-refractivity contribution in [2.45, 2.75) is 56.4 Å². The van der Waals surface area contributed by atoms with Gasteiger partial charge in [0.25, 0.3) is 5.69 Å². The van der Waals surface area contributed by atoms with Crippen LogP contribution in [0.3, 0.4) is 0 Å². The molecule has 1 saturated carbocycles. The summed E-state index contributed by atoms with van der Waals surface area (Å²) in [6, 6.07) is 21.4. The van der Waals surface area contributed by atoms with Crippen molar-refractivity contribution in [3.05, 3.63) is 100 Å². The quantitative estimate of drug-likeness (QED) is 0.126. The van der Waals surface area contributed by atoms with Crippen molar-refractivity contribution in [2.24, 2.45) is 0 Å². The molecule has 44 heavy (non-hydrogen) atoms. The van der Waals surface area contributed by atoms with Crippen LogP contribution in [0.25, 0.3) is 10.9 Å². The molecule has 1 aromatic heterocycles. The summed E-state index contributed by atoms with van der Waals surface area (Å²) in [5.74, 6) is -0.281. The van der Waals surface area contributed by atoms with Crippen molar-refractivity contribution in [1.29, 1.82) is 0 Å². The Kier molecular flexibility index (Phi) is 8.89. The number of nitro groups is 1. The minimum atomic E-state index is -1.31. The molecular weight excluding hydrogens is 556 g/mol. The predicted molar refractivity (Wildman–Crippen MR) is 174 cm³/mol. The van der Waals surface area contributed by atoms with E-state index in [1.54, 1.807) is 6.92 Å². The Bertz CT molecular complexity index is 1620. The molecule has 1 aliphatic carbocycles. The maximum Gasteiger partial charge on any atom is 0.320 e. The zero-order chi connectivity index (χ0) is 31.3. The van der Waals surface area contributed by atoms with Gasteiger partial charge in [-0.1, -0.05) is 49.6 Å². The fourth-order valence-corrected chi connectivity index (χ4v) is 6.27. The van der Waals surface area contributed by atoms with E-state index < -0.39 is 16.5 Å². The van der Waals surface area contributed by atoms with Gasteiger partial charge in [0.15, 0.2) is 0 Å². The number of rotatable bonds is 10. The number of nitrogens with zero attached hydrogens (tertiary/aromatic N) is 2. The van der Waals surface area contributed by atoms with Crippen LogP contribution in [0.15, 0.2) is 79.0 Å². The van der Waals surface area contributed by atoms with Gasteiger partial charge in [-0.25, -0.2) is 4.79 Å². The number of hydrogen-bond donors (Lipinski definition) is 4. The van der Waals surface area contributed by atoms with Crippen molar-refractivity contribution in [3.8, 4) is 0 Å². The van der Waals surface area contributed by atoms with Crippen LogP contribution in [0.4, 0.5) is 21.9 Å². The summed E-state index contributed by atoms with van der Waals surface area (Å²) in [4.78, 5) is 43.3. The summed E-state index contributed by atoms with van der Waals surface area (Å²) >= 11 is 0. The van der Waals surface area contributed by atoms with E-state index >= 15 is 0 Å². The Hall–Kier alpha value is -4.86. The van der Waals surface area contributed by atoms with Gasteiger partial charge in [-0.05, 0) is 61.2 Å². The summed E-state index contributed by atoms with van der Waals surface area (Å²) in [5.41, 5.74) is 2.99. The van der Waals surface area contributed by atoms with Gasteiger partial charge in [0.2, 0.25) is 5.91 Å². The highest BCUT2D eigenvalue weighted by Crippen LogP contribution is 2.39. The number of urea groups is 1. The first-order chi connectivity index (χ1) is 21.1. The average Bonchev–Trinajstić information content (AvgIpc) is 3.42. The van der Waals surface area contributed by atoms with E-state index in [0.717, 1.165) is 47.8 Å². The molecule has 230 valence electrons. The molecule has 1 fully saturated rings. The van der Waals surface area contributed by atoms with Gasteiger partial charge in [0, 0.05) is 73.1 Å². The number of nitro benzene ring substituents is 1. The van der Waals surface area contributed by atoms with Gasteiger partial charge in [0.05, 0.1) is 4.92 Å². The number of carbonyl (C=O) groups is 2. The molecule has 5 rings (SSSR count). The fraction of sp³-hybridized carbons (Fsp3) is 0.353. The zero-order valence-corrected chi connectivity index (χ0v) is 25.5. The first-order valence-electron chi connectivity index (χ1n) is 15.0. The van der Waals surface area contributed by atoms with Crippen molar-refractivity contribution in [3.63, 3.8) is 0 Å². The maximum atomic E-state index is 14.1. The highest BCUT2D eigenvalue weighted by molar-refractivity contribution is 5.96. The summed E-state index contributed by atoms with van der Waals surface area (Å²) in [7, 11) is 4.04. The minimum absolute atomic E-state index is 0.0764. The molecule has 4 aromatic rings. The number of aromatic amines is 1. The third-order valence-corrected chi connectivity index (χ3v) is 8.84. The fourth-order valence-electron chi connectivity index (χ4n) is 6.27. The molecule has 3 amide bonds. The van der Waals surface area contributed by atoms with Gasteiger partial charge < -0.3 is 25.8 Å². The first kappa shape index (κ1) is 30.6. The molecule has 0 radical (unpaired) electrons. The number of carbonyl (C=O) groups excluding carboxylic acids is 2. The summed E-state index contributed by atoms with van der Waals surface area (Å²) in [6.07, 6.45) is 7.43. The van der Waals surface area contributed by atoms with Crippen LogP contribution in [0.1, 0.15) is 50.2 Å². The Labute approximate surface area is 257 Å². The largest absolute Gasteiger partial charge is 0.378 e. The smallest absolute Gasteiger partial charge is 0.320 e. The number of H-pyrrole nitrogens is 1. The second-order valence-corrected chi connectivity index (χ2v) is 12.2. The van der Waals surface area contributed by atoms with Crippen LogP contribution in [-0.2, 0) is 16.6 Å². The van der Waals surface area contributed by atoms with Crippen molar-refractivity contribution >= 4 is 39.9 Å². The lowest BCUT2D eigenvalue weighted by Crippen LogP contribution is -2.60. The normalized spacial score (nSPS) is 15.6. The van der Waals surface area contributed by atoms with E-state index in [1.165, 1.54) is 36.2 Å². The van der Waals surface area contributed by atoms with E-state index in [0.29, 0.717) is 12.2 Å². The summed E-state index contributed by atoms with van der Waals surface area (Å²) in [5, 5.41) is 20.9. The highest BCUT2D eigenvalue weighted by atomic mass is 16.6. The molecule has 4 N–H and O–H groups in total. The van der Waals surface area contributed by atoms with Crippen molar-refractivity contribution in [2.75, 3.05) is 30.9 Å². The number of fused-ring (bicyclic) bond motifs is 1. The van der Waals surface area contributed by atoms with Gasteiger partial charge >= 0.3 is 6.03 Å². The third-order valence-electron chi connectivity index (χ3n) is 8.84. The highest BCUT2D eigenvalue weighted by Gasteiger charge is 2.39. The molecular formula is C34H40N6O4. The molecule has 0 aliphatic heterocycles. The Morgan fingerprint density at radius 1 is 0.977 bits per heavy atom. The molecule has 1 atom stereocenters. The molecule has 0 unspecified atom stereocenters.